The fraction of sp³-hybridized carbons (Fsp3) is 0.417. The van der Waals surface area contributed by atoms with E-state index in [2.05, 4.69) is 24.2 Å². The zero-order valence-electron chi connectivity index (χ0n) is 19.0. The number of ether oxygens (including phenoxy) is 2. The fourth-order valence-electron chi connectivity index (χ4n) is 3.32. The van der Waals surface area contributed by atoms with E-state index in [0.717, 1.165) is 11.1 Å². The first-order valence-electron chi connectivity index (χ1n) is 10.8. The number of hydrogen-bond acceptors (Lipinski definition) is 6. The molecule has 2 N–H and O–H groups in total. The maximum absolute atomic E-state index is 12.6. The van der Waals surface area contributed by atoms with E-state index in [1.165, 1.54) is 10.9 Å². The molecule has 0 saturated heterocycles. The molecule has 0 saturated carbocycles. The van der Waals surface area contributed by atoms with Gasteiger partial charge in [0, 0.05) is 5.41 Å². The quantitative estimate of drug-likeness (QED) is 0.355. The van der Waals surface area contributed by atoms with Crippen LogP contribution in [-0.4, -0.2) is 56.5 Å². The maximum Gasteiger partial charge on any atom is 0.138 e. The number of aliphatic hydroxyl groups excluding tert-OH is 2. The minimum absolute atomic E-state index is 0.0586. The predicted octanol–water partition coefficient (Wildman–Crippen LogP) is 4.15. The molecule has 0 aliphatic heterocycles. The van der Waals surface area contributed by atoms with E-state index in [1.54, 1.807) is 6.07 Å². The van der Waals surface area contributed by atoms with E-state index >= 15 is 0 Å². The lowest BCUT2D eigenvalue weighted by molar-refractivity contribution is 0.0888. The van der Waals surface area contributed by atoms with Crippen LogP contribution in [0.25, 0.3) is 0 Å². The second-order valence-electron chi connectivity index (χ2n) is 8.44. The van der Waals surface area contributed by atoms with Crippen LogP contribution >= 0.6 is 23.2 Å². The molecule has 0 bridgehead atoms. The van der Waals surface area contributed by atoms with Crippen molar-refractivity contribution in [1.82, 2.24) is 15.0 Å². The number of rotatable bonds is 12. The van der Waals surface area contributed by atoms with Crippen molar-refractivity contribution in [3.63, 3.8) is 0 Å². The molecule has 7 nitrogen and oxygen atoms in total. The Morgan fingerprint density at radius 3 is 2.32 bits per heavy atom. The lowest BCUT2D eigenvalue weighted by Crippen LogP contribution is -2.24. The van der Waals surface area contributed by atoms with Gasteiger partial charge in [0.15, 0.2) is 0 Å². The monoisotopic (exact) mass is 511 g/mol. The molecule has 0 amide bonds. The number of benzene rings is 2. The van der Waals surface area contributed by atoms with Gasteiger partial charge in [-0.1, -0.05) is 48.9 Å². The first-order valence-corrected chi connectivity index (χ1v) is 11.7. The number of hydrogen-bond donors (Lipinski definition) is 2. The molecule has 2 atom stereocenters. The van der Waals surface area contributed by atoms with Gasteiger partial charge < -0.3 is 19.7 Å². The predicted molar refractivity (Wildman–Crippen MR) is 129 cm³/mol. The topological polar surface area (TPSA) is 89.6 Å². The SMILES string of the molecule is CC(C)(c1ccc(OC[C@H](O)Cn2cc(CF)nn2)cc1)c1ccc(OC[C@H](O)CCl)c(Cl)c1. The molecule has 1 heterocycles. The van der Waals surface area contributed by atoms with Gasteiger partial charge in [-0.05, 0) is 35.4 Å². The van der Waals surface area contributed by atoms with Crippen molar-refractivity contribution in [3.8, 4) is 11.5 Å². The third kappa shape index (κ3) is 6.82. The Balaban J connectivity index is 1.59. The Hall–Kier alpha value is -2.39. The second kappa shape index (κ2) is 11.8. The van der Waals surface area contributed by atoms with Crippen LogP contribution in [-0.2, 0) is 18.6 Å². The molecule has 34 heavy (non-hydrogen) atoms. The molecular formula is C24H28Cl2FN3O4. The Bertz CT molecular complexity index is 1060. The summed E-state index contributed by atoms with van der Waals surface area (Å²) < 4.78 is 25.2. The van der Waals surface area contributed by atoms with E-state index < -0.39 is 18.9 Å². The lowest BCUT2D eigenvalue weighted by Gasteiger charge is -2.27. The zero-order chi connectivity index (χ0) is 24.7. The Labute approximate surface area is 208 Å². The van der Waals surface area contributed by atoms with Crippen LogP contribution in [0.5, 0.6) is 11.5 Å². The average molecular weight is 512 g/mol. The summed E-state index contributed by atoms with van der Waals surface area (Å²) in [7, 11) is 0. The maximum atomic E-state index is 12.6. The molecule has 0 aliphatic rings. The van der Waals surface area contributed by atoms with Gasteiger partial charge in [0.2, 0.25) is 0 Å². The van der Waals surface area contributed by atoms with Gasteiger partial charge in [-0.2, -0.15) is 0 Å². The second-order valence-corrected chi connectivity index (χ2v) is 9.16. The van der Waals surface area contributed by atoms with Crippen LogP contribution in [0.3, 0.4) is 0 Å². The highest BCUT2D eigenvalue weighted by Gasteiger charge is 2.24. The number of aromatic nitrogens is 3. The van der Waals surface area contributed by atoms with Gasteiger partial charge in [0.25, 0.3) is 0 Å². The van der Waals surface area contributed by atoms with Crippen LogP contribution in [0.2, 0.25) is 5.02 Å². The molecule has 0 spiro atoms. The van der Waals surface area contributed by atoms with Gasteiger partial charge in [0.1, 0.15) is 49.3 Å². The van der Waals surface area contributed by atoms with E-state index in [9.17, 15) is 14.6 Å². The molecular weight excluding hydrogens is 484 g/mol. The van der Waals surface area contributed by atoms with Crippen molar-refractivity contribution >= 4 is 23.2 Å². The summed E-state index contributed by atoms with van der Waals surface area (Å²) in [5.74, 6) is 1.19. The fourth-order valence-corrected chi connectivity index (χ4v) is 3.65. The van der Waals surface area contributed by atoms with Crippen molar-refractivity contribution in [3.05, 3.63) is 70.5 Å². The van der Waals surface area contributed by atoms with Gasteiger partial charge >= 0.3 is 0 Å². The summed E-state index contributed by atoms with van der Waals surface area (Å²) in [6, 6.07) is 13.2. The minimum Gasteiger partial charge on any atom is -0.491 e. The van der Waals surface area contributed by atoms with Crippen molar-refractivity contribution in [2.24, 2.45) is 0 Å². The smallest absolute Gasteiger partial charge is 0.138 e. The van der Waals surface area contributed by atoms with E-state index in [-0.39, 0.29) is 36.7 Å². The molecule has 0 fully saturated rings. The molecule has 10 heteroatoms. The van der Waals surface area contributed by atoms with Crippen molar-refractivity contribution in [2.75, 3.05) is 19.1 Å². The van der Waals surface area contributed by atoms with Gasteiger partial charge in [-0.25, -0.2) is 9.07 Å². The van der Waals surface area contributed by atoms with Crippen LogP contribution in [0, 0.1) is 0 Å². The standard InChI is InChI=1S/C24H28Cl2FN3O4/c1-24(2,17-5-8-23(22(26)9-17)34-14-19(31)10-25)16-3-6-21(7-4-16)33-15-20(32)13-30-12-18(11-27)28-29-30/h3-9,12,19-20,31-32H,10-11,13-15H2,1-2H3/t19-,20-/m1/s1. The van der Waals surface area contributed by atoms with Crippen LogP contribution in [0.15, 0.2) is 48.7 Å². The summed E-state index contributed by atoms with van der Waals surface area (Å²) in [4.78, 5) is 0. The first-order chi connectivity index (χ1) is 16.2. The Morgan fingerprint density at radius 2 is 1.71 bits per heavy atom. The molecule has 0 aliphatic carbocycles. The number of aliphatic hydroxyl groups is 2. The van der Waals surface area contributed by atoms with E-state index in [4.69, 9.17) is 32.7 Å². The number of nitrogens with zero attached hydrogens (tertiary/aromatic N) is 3. The van der Waals surface area contributed by atoms with E-state index in [0.29, 0.717) is 16.5 Å². The molecule has 3 aromatic rings. The van der Waals surface area contributed by atoms with Crippen molar-refractivity contribution < 1.29 is 24.1 Å². The third-order valence-electron chi connectivity index (χ3n) is 5.40. The number of alkyl halides is 2. The minimum atomic E-state index is -0.821. The zero-order valence-corrected chi connectivity index (χ0v) is 20.5. The van der Waals surface area contributed by atoms with Gasteiger partial charge in [-0.15, -0.1) is 16.7 Å². The molecule has 0 unspecified atom stereocenters. The summed E-state index contributed by atoms with van der Waals surface area (Å²) in [5, 5.41) is 27.6. The van der Waals surface area contributed by atoms with Gasteiger partial charge in [-0.3, -0.25) is 0 Å². The highest BCUT2D eigenvalue weighted by atomic mass is 35.5. The van der Waals surface area contributed by atoms with Crippen LogP contribution in [0.1, 0.15) is 30.7 Å². The molecule has 1 aromatic heterocycles. The molecule has 0 radical (unpaired) electrons. The molecule has 184 valence electrons. The summed E-state index contributed by atoms with van der Waals surface area (Å²) in [6.45, 7) is 3.75. The van der Waals surface area contributed by atoms with Crippen LogP contribution in [0.4, 0.5) is 4.39 Å². The molecule has 3 rings (SSSR count). The Morgan fingerprint density at radius 1 is 1.03 bits per heavy atom. The normalized spacial score (nSPS) is 13.5. The Kier molecular flexibility index (Phi) is 9.13. The lowest BCUT2D eigenvalue weighted by atomic mass is 9.78. The largest absolute Gasteiger partial charge is 0.491 e. The number of halogens is 3. The third-order valence-corrected chi connectivity index (χ3v) is 6.05. The molecule has 2 aromatic carbocycles. The van der Waals surface area contributed by atoms with Gasteiger partial charge in [0.05, 0.1) is 23.6 Å². The highest BCUT2D eigenvalue weighted by Crippen LogP contribution is 2.36. The summed E-state index contributed by atoms with van der Waals surface area (Å²) >= 11 is 12.0. The summed E-state index contributed by atoms with van der Waals surface area (Å²) in [6.07, 6.45) is -0.125. The first kappa shape index (κ1) is 26.2. The van der Waals surface area contributed by atoms with Crippen molar-refractivity contribution in [2.45, 2.75) is 44.7 Å². The van der Waals surface area contributed by atoms with Crippen molar-refractivity contribution in [1.29, 1.82) is 0 Å². The summed E-state index contributed by atoms with van der Waals surface area (Å²) in [5.41, 5.74) is 1.91. The highest BCUT2D eigenvalue weighted by molar-refractivity contribution is 6.32. The average Bonchev–Trinajstić information content (AvgIpc) is 3.29. The van der Waals surface area contributed by atoms with E-state index in [1.807, 2.05) is 36.4 Å². The van der Waals surface area contributed by atoms with Crippen LogP contribution < -0.4 is 9.47 Å².